The number of aliphatic imine (C=N–C) groups is 1. The predicted molar refractivity (Wildman–Crippen MR) is 108 cm³/mol. The number of nitrogens with zero attached hydrogens (tertiary/aromatic N) is 1. The first-order valence-electron chi connectivity index (χ1n) is 8.59. The van der Waals surface area contributed by atoms with Crippen LogP contribution in [0.4, 0.5) is 0 Å². The van der Waals surface area contributed by atoms with Crippen LogP contribution in [0.25, 0.3) is 0 Å². The largest absolute Gasteiger partial charge is 0.497 e. The number of halogens is 3. The molecule has 6 nitrogen and oxygen atoms in total. The fourth-order valence-electron chi connectivity index (χ4n) is 2.58. The lowest BCUT2D eigenvalue weighted by atomic mass is 9.89. The molecule has 9 heteroatoms. The third-order valence-electron chi connectivity index (χ3n) is 4.23. The Kier molecular flexibility index (Phi) is 6.58. The summed E-state index contributed by atoms with van der Waals surface area (Å²) in [5, 5.41) is 0. The van der Waals surface area contributed by atoms with Gasteiger partial charge in [0.1, 0.15) is 5.75 Å². The van der Waals surface area contributed by atoms with Crippen LogP contribution in [-0.2, 0) is 19.1 Å². The van der Waals surface area contributed by atoms with E-state index in [1.54, 1.807) is 24.3 Å². The number of carbonyl (C=O) groups is 2. The Labute approximate surface area is 179 Å². The Morgan fingerprint density at radius 2 is 1.79 bits per heavy atom. The SMILES string of the molecule is COc1ccc(C2=N[C@](CC(C)C)(C(=O)OC(C)(C)C(Cl)(Cl)Cl)C(=O)O2)cc1. The highest BCUT2D eigenvalue weighted by Crippen LogP contribution is 2.42. The predicted octanol–water partition coefficient (Wildman–Crippen LogP) is 4.48. The first kappa shape index (κ1) is 22.8. The maximum Gasteiger partial charge on any atom is 0.352 e. The first-order valence-corrected chi connectivity index (χ1v) is 9.72. The fraction of sp³-hybridized carbons (Fsp3) is 0.526. The van der Waals surface area contributed by atoms with Crippen molar-refractivity contribution in [2.24, 2.45) is 10.9 Å². The maximum atomic E-state index is 13.0. The maximum absolute atomic E-state index is 13.0. The number of alkyl halides is 3. The molecule has 0 unspecified atom stereocenters. The van der Waals surface area contributed by atoms with Gasteiger partial charge in [-0.2, -0.15) is 0 Å². The van der Waals surface area contributed by atoms with E-state index in [9.17, 15) is 9.59 Å². The smallest absolute Gasteiger partial charge is 0.352 e. The highest BCUT2D eigenvalue weighted by Gasteiger charge is 2.57. The number of esters is 2. The van der Waals surface area contributed by atoms with E-state index in [1.807, 2.05) is 13.8 Å². The van der Waals surface area contributed by atoms with Crippen LogP contribution in [0.3, 0.4) is 0 Å². The monoisotopic (exact) mass is 449 g/mol. The number of benzene rings is 1. The van der Waals surface area contributed by atoms with E-state index in [4.69, 9.17) is 49.0 Å². The van der Waals surface area contributed by atoms with Gasteiger partial charge in [-0.15, -0.1) is 0 Å². The molecule has 0 fully saturated rings. The van der Waals surface area contributed by atoms with Gasteiger partial charge in [-0.3, -0.25) is 0 Å². The number of ether oxygens (including phenoxy) is 3. The average Bonchev–Trinajstić information content (AvgIpc) is 2.90. The molecule has 1 aromatic carbocycles. The van der Waals surface area contributed by atoms with Crippen molar-refractivity contribution in [1.82, 2.24) is 0 Å². The van der Waals surface area contributed by atoms with E-state index in [0.29, 0.717) is 11.3 Å². The molecule has 154 valence electrons. The number of cyclic esters (lactones) is 1. The number of hydrogen-bond donors (Lipinski definition) is 0. The summed E-state index contributed by atoms with van der Waals surface area (Å²) in [7, 11) is 1.54. The number of rotatable bonds is 6. The van der Waals surface area contributed by atoms with Crippen molar-refractivity contribution in [2.75, 3.05) is 7.11 Å². The molecule has 0 N–H and O–H groups in total. The Hall–Kier alpha value is -1.50. The molecule has 1 heterocycles. The van der Waals surface area contributed by atoms with Gasteiger partial charge in [0.2, 0.25) is 9.69 Å². The summed E-state index contributed by atoms with van der Waals surface area (Å²) in [5.74, 6) is -1.15. The van der Waals surface area contributed by atoms with Crippen LogP contribution in [0.1, 0.15) is 39.7 Å². The van der Waals surface area contributed by atoms with Crippen molar-refractivity contribution in [2.45, 2.75) is 49.0 Å². The summed E-state index contributed by atoms with van der Waals surface area (Å²) >= 11 is 17.7. The standard InChI is InChI=1S/C19H22Cl3NO5/c1-11(2)10-18(16(25)28-17(3,4)19(20,21)22)15(24)27-14(23-18)12-6-8-13(26-5)9-7-12/h6-9,11H,10H2,1-5H3/t18-/m0/s1. The molecule has 0 radical (unpaired) electrons. The van der Waals surface area contributed by atoms with Crippen LogP contribution < -0.4 is 4.74 Å². The van der Waals surface area contributed by atoms with Gasteiger partial charge in [0, 0.05) is 5.56 Å². The zero-order valence-corrected chi connectivity index (χ0v) is 18.5. The van der Waals surface area contributed by atoms with Gasteiger partial charge in [0.05, 0.1) is 7.11 Å². The highest BCUT2D eigenvalue weighted by molar-refractivity contribution is 6.68. The minimum Gasteiger partial charge on any atom is -0.497 e. The molecule has 1 aliphatic heterocycles. The van der Waals surface area contributed by atoms with E-state index in [0.717, 1.165) is 0 Å². The van der Waals surface area contributed by atoms with E-state index < -0.39 is 26.9 Å². The molecular weight excluding hydrogens is 429 g/mol. The molecule has 1 aromatic rings. The lowest BCUT2D eigenvalue weighted by Gasteiger charge is -2.34. The third-order valence-corrected chi connectivity index (χ3v) is 5.59. The number of methoxy groups -OCH3 is 1. The zero-order chi connectivity index (χ0) is 21.3. The lowest BCUT2D eigenvalue weighted by molar-refractivity contribution is -0.168. The summed E-state index contributed by atoms with van der Waals surface area (Å²) in [6, 6.07) is 6.73. The highest BCUT2D eigenvalue weighted by atomic mass is 35.6. The molecule has 0 saturated heterocycles. The topological polar surface area (TPSA) is 74.2 Å². The molecule has 0 bridgehead atoms. The summed E-state index contributed by atoms with van der Waals surface area (Å²) < 4.78 is 14.0. The van der Waals surface area contributed by atoms with Crippen LogP contribution in [0, 0.1) is 5.92 Å². The molecule has 0 aromatic heterocycles. The third kappa shape index (κ3) is 4.56. The number of carbonyl (C=O) groups excluding carboxylic acids is 2. The quantitative estimate of drug-likeness (QED) is 0.363. The molecule has 0 saturated carbocycles. The Bertz CT molecular complexity index is 784. The summed E-state index contributed by atoms with van der Waals surface area (Å²) in [6.07, 6.45) is 0.0836. The lowest BCUT2D eigenvalue weighted by Crippen LogP contribution is -2.51. The minimum atomic E-state index is -1.90. The molecule has 0 aliphatic carbocycles. The molecule has 2 rings (SSSR count). The Morgan fingerprint density at radius 1 is 1.21 bits per heavy atom. The number of hydrogen-bond acceptors (Lipinski definition) is 6. The fourth-order valence-corrected chi connectivity index (χ4v) is 2.69. The normalized spacial score (nSPS) is 20.0. The van der Waals surface area contributed by atoms with Crippen molar-refractivity contribution in [1.29, 1.82) is 0 Å². The second-order valence-electron chi connectivity index (χ2n) is 7.39. The minimum absolute atomic E-state index is 0.0249. The van der Waals surface area contributed by atoms with Crippen molar-refractivity contribution in [3.8, 4) is 5.75 Å². The average molecular weight is 451 g/mol. The van der Waals surface area contributed by atoms with Crippen molar-refractivity contribution in [3.63, 3.8) is 0 Å². The van der Waals surface area contributed by atoms with Crippen LogP contribution in [-0.4, -0.2) is 39.9 Å². The van der Waals surface area contributed by atoms with Crippen molar-refractivity contribution < 1.29 is 23.8 Å². The zero-order valence-electron chi connectivity index (χ0n) is 16.2. The molecule has 28 heavy (non-hydrogen) atoms. The Morgan fingerprint density at radius 3 is 2.25 bits per heavy atom. The van der Waals surface area contributed by atoms with E-state index in [2.05, 4.69) is 4.99 Å². The molecule has 1 atom stereocenters. The van der Waals surface area contributed by atoms with Gasteiger partial charge in [-0.1, -0.05) is 48.7 Å². The van der Waals surface area contributed by atoms with Crippen molar-refractivity contribution in [3.05, 3.63) is 29.8 Å². The molecule has 1 aliphatic rings. The summed E-state index contributed by atoms with van der Waals surface area (Å²) in [4.78, 5) is 30.1. The van der Waals surface area contributed by atoms with E-state index in [-0.39, 0.29) is 18.2 Å². The second-order valence-corrected chi connectivity index (χ2v) is 9.67. The van der Waals surface area contributed by atoms with Gasteiger partial charge in [-0.05, 0) is 50.5 Å². The van der Waals surface area contributed by atoms with E-state index >= 15 is 0 Å². The van der Waals surface area contributed by atoms with Gasteiger partial charge >= 0.3 is 11.9 Å². The molecule has 0 amide bonds. The summed E-state index contributed by atoms with van der Waals surface area (Å²) in [5.41, 5.74) is -2.83. The Balaban J connectivity index is 2.44. The molecular formula is C19H22Cl3NO5. The van der Waals surface area contributed by atoms with Gasteiger partial charge in [-0.25, -0.2) is 14.6 Å². The van der Waals surface area contributed by atoms with Crippen LogP contribution >= 0.6 is 34.8 Å². The first-order chi connectivity index (χ1) is 12.8. The van der Waals surface area contributed by atoms with Gasteiger partial charge < -0.3 is 14.2 Å². The second kappa shape index (κ2) is 8.09. The summed E-state index contributed by atoms with van der Waals surface area (Å²) in [6.45, 7) is 6.58. The van der Waals surface area contributed by atoms with Crippen LogP contribution in [0.2, 0.25) is 0 Å². The van der Waals surface area contributed by atoms with E-state index in [1.165, 1.54) is 21.0 Å². The van der Waals surface area contributed by atoms with Gasteiger partial charge in [0.15, 0.2) is 5.60 Å². The van der Waals surface area contributed by atoms with Gasteiger partial charge in [0.25, 0.3) is 5.54 Å². The van der Waals surface area contributed by atoms with Crippen molar-refractivity contribution >= 4 is 52.6 Å². The van der Waals surface area contributed by atoms with Crippen LogP contribution in [0.15, 0.2) is 29.3 Å². The molecule has 0 spiro atoms. The van der Waals surface area contributed by atoms with Crippen LogP contribution in [0.5, 0.6) is 5.75 Å².